The molecule has 1 aliphatic rings. The minimum absolute atomic E-state index is 0.248. The molecular formula is C15H17NO2. The Labute approximate surface area is 107 Å². The van der Waals surface area contributed by atoms with Crippen molar-refractivity contribution in [2.75, 3.05) is 4.90 Å². The standard InChI is InChI=1S/C15H17NO2/c1-4-11-8-10(3)15(12(5-2)9-11)16-13(17)6-7-14(16)18/h6-9H,4-5H2,1-3H3. The average molecular weight is 243 g/mol. The molecule has 2 amide bonds. The van der Waals surface area contributed by atoms with Gasteiger partial charge in [-0.1, -0.05) is 26.0 Å². The third kappa shape index (κ3) is 1.96. The molecule has 0 N–H and O–H groups in total. The SMILES string of the molecule is CCc1cc(C)c(N2C(=O)C=CC2=O)c(CC)c1. The van der Waals surface area contributed by atoms with Crippen LogP contribution in [0.3, 0.4) is 0 Å². The Kier molecular flexibility index (Phi) is 3.32. The van der Waals surface area contributed by atoms with Gasteiger partial charge in [0.05, 0.1) is 5.69 Å². The van der Waals surface area contributed by atoms with Crippen LogP contribution in [0.25, 0.3) is 0 Å². The van der Waals surface area contributed by atoms with Crippen molar-refractivity contribution in [2.24, 2.45) is 0 Å². The van der Waals surface area contributed by atoms with Crippen molar-refractivity contribution >= 4 is 17.5 Å². The predicted molar refractivity (Wildman–Crippen MR) is 71.6 cm³/mol. The second-order valence-electron chi connectivity index (χ2n) is 4.47. The minimum Gasteiger partial charge on any atom is -0.269 e. The molecule has 0 saturated carbocycles. The summed E-state index contributed by atoms with van der Waals surface area (Å²) >= 11 is 0. The van der Waals surface area contributed by atoms with Crippen LogP contribution < -0.4 is 4.90 Å². The highest BCUT2D eigenvalue weighted by Crippen LogP contribution is 2.30. The lowest BCUT2D eigenvalue weighted by atomic mass is 9.99. The largest absolute Gasteiger partial charge is 0.269 e. The Bertz CT molecular complexity index is 526. The van der Waals surface area contributed by atoms with E-state index in [2.05, 4.69) is 13.0 Å². The molecule has 0 bridgehead atoms. The van der Waals surface area contributed by atoms with Gasteiger partial charge in [-0.15, -0.1) is 0 Å². The highest BCUT2D eigenvalue weighted by molar-refractivity contribution is 6.28. The van der Waals surface area contributed by atoms with Crippen LogP contribution in [0.1, 0.15) is 30.5 Å². The van der Waals surface area contributed by atoms with Crippen molar-refractivity contribution in [3.8, 4) is 0 Å². The summed E-state index contributed by atoms with van der Waals surface area (Å²) < 4.78 is 0. The molecule has 1 heterocycles. The van der Waals surface area contributed by atoms with Crippen LogP contribution in [0.5, 0.6) is 0 Å². The third-order valence-corrected chi connectivity index (χ3v) is 3.26. The van der Waals surface area contributed by atoms with Crippen LogP contribution in [0.4, 0.5) is 5.69 Å². The van der Waals surface area contributed by atoms with E-state index in [9.17, 15) is 9.59 Å². The summed E-state index contributed by atoms with van der Waals surface area (Å²) in [4.78, 5) is 24.8. The molecule has 1 aromatic rings. The van der Waals surface area contributed by atoms with Gasteiger partial charge in [0.1, 0.15) is 0 Å². The van der Waals surface area contributed by atoms with Gasteiger partial charge in [-0.2, -0.15) is 0 Å². The lowest BCUT2D eigenvalue weighted by Crippen LogP contribution is -2.31. The molecule has 0 radical (unpaired) electrons. The Morgan fingerprint density at radius 1 is 1.00 bits per heavy atom. The first-order valence-corrected chi connectivity index (χ1v) is 6.27. The highest BCUT2D eigenvalue weighted by Gasteiger charge is 2.28. The first-order valence-electron chi connectivity index (χ1n) is 6.27. The lowest BCUT2D eigenvalue weighted by Gasteiger charge is -2.21. The van der Waals surface area contributed by atoms with Crippen molar-refractivity contribution in [1.29, 1.82) is 0 Å². The zero-order chi connectivity index (χ0) is 13.3. The van der Waals surface area contributed by atoms with E-state index in [1.165, 1.54) is 22.6 Å². The number of nitrogens with zero attached hydrogens (tertiary/aromatic N) is 1. The van der Waals surface area contributed by atoms with Crippen LogP contribution >= 0.6 is 0 Å². The van der Waals surface area contributed by atoms with Gasteiger partial charge < -0.3 is 0 Å². The predicted octanol–water partition coefficient (Wildman–Crippen LogP) is 2.55. The number of benzene rings is 1. The minimum atomic E-state index is -0.248. The molecule has 1 aromatic carbocycles. The Balaban J connectivity index is 2.57. The Morgan fingerprint density at radius 3 is 2.11 bits per heavy atom. The molecule has 94 valence electrons. The highest BCUT2D eigenvalue weighted by atomic mass is 16.2. The summed E-state index contributed by atoms with van der Waals surface area (Å²) in [6.45, 7) is 6.09. The van der Waals surface area contributed by atoms with Crippen molar-refractivity contribution in [3.63, 3.8) is 0 Å². The third-order valence-electron chi connectivity index (χ3n) is 3.26. The van der Waals surface area contributed by atoms with Crippen LogP contribution in [0.15, 0.2) is 24.3 Å². The van der Waals surface area contributed by atoms with E-state index in [0.717, 1.165) is 29.7 Å². The molecule has 0 aliphatic carbocycles. The molecule has 1 aliphatic heterocycles. The van der Waals surface area contributed by atoms with Gasteiger partial charge in [0.2, 0.25) is 0 Å². The van der Waals surface area contributed by atoms with Gasteiger partial charge in [0, 0.05) is 12.2 Å². The second kappa shape index (κ2) is 4.77. The molecule has 0 fully saturated rings. The average Bonchev–Trinajstić information content (AvgIpc) is 2.68. The topological polar surface area (TPSA) is 37.4 Å². The second-order valence-corrected chi connectivity index (χ2v) is 4.47. The Morgan fingerprint density at radius 2 is 1.61 bits per heavy atom. The molecule has 2 rings (SSSR count). The fourth-order valence-corrected chi connectivity index (χ4v) is 2.35. The van der Waals surface area contributed by atoms with Crippen LogP contribution in [-0.4, -0.2) is 11.8 Å². The zero-order valence-corrected chi connectivity index (χ0v) is 11.0. The molecule has 0 saturated heterocycles. The molecular weight excluding hydrogens is 226 g/mol. The molecule has 0 spiro atoms. The fraction of sp³-hybridized carbons (Fsp3) is 0.333. The molecule has 0 aromatic heterocycles. The van der Waals surface area contributed by atoms with E-state index in [1.807, 2.05) is 19.9 Å². The monoisotopic (exact) mass is 243 g/mol. The summed E-state index contributed by atoms with van der Waals surface area (Å²) in [6, 6.07) is 4.13. The van der Waals surface area contributed by atoms with Crippen LogP contribution in [0, 0.1) is 6.92 Å². The maximum Gasteiger partial charge on any atom is 0.258 e. The van der Waals surface area contributed by atoms with E-state index in [4.69, 9.17) is 0 Å². The number of carbonyl (C=O) groups is 2. The van der Waals surface area contributed by atoms with E-state index in [1.54, 1.807) is 0 Å². The van der Waals surface area contributed by atoms with E-state index in [0.29, 0.717) is 0 Å². The van der Waals surface area contributed by atoms with Crippen LogP contribution in [0.2, 0.25) is 0 Å². The zero-order valence-electron chi connectivity index (χ0n) is 11.0. The van der Waals surface area contributed by atoms with Crippen molar-refractivity contribution in [2.45, 2.75) is 33.6 Å². The summed E-state index contributed by atoms with van der Waals surface area (Å²) in [5, 5.41) is 0. The number of anilines is 1. The van der Waals surface area contributed by atoms with Gasteiger partial charge in [0.25, 0.3) is 11.8 Å². The molecule has 0 atom stereocenters. The summed E-state index contributed by atoms with van der Waals surface area (Å²) in [5.74, 6) is -0.496. The number of hydrogen-bond acceptors (Lipinski definition) is 2. The molecule has 0 unspecified atom stereocenters. The number of aryl methyl sites for hydroxylation is 3. The number of imide groups is 1. The van der Waals surface area contributed by atoms with Crippen LogP contribution in [-0.2, 0) is 22.4 Å². The maximum absolute atomic E-state index is 11.8. The first-order chi connectivity index (χ1) is 8.58. The van der Waals surface area contributed by atoms with Crippen molar-refractivity contribution in [3.05, 3.63) is 41.0 Å². The summed E-state index contributed by atoms with van der Waals surface area (Å²) in [7, 11) is 0. The molecule has 18 heavy (non-hydrogen) atoms. The first kappa shape index (κ1) is 12.6. The maximum atomic E-state index is 11.8. The Hall–Kier alpha value is -1.90. The summed E-state index contributed by atoms with van der Waals surface area (Å²) in [6.07, 6.45) is 4.42. The van der Waals surface area contributed by atoms with E-state index >= 15 is 0 Å². The normalized spacial score (nSPS) is 14.7. The number of rotatable bonds is 3. The number of carbonyl (C=O) groups excluding carboxylic acids is 2. The van der Waals surface area contributed by atoms with Gasteiger partial charge in [-0.05, 0) is 36.5 Å². The number of hydrogen-bond donors (Lipinski definition) is 0. The quantitative estimate of drug-likeness (QED) is 0.765. The molecule has 3 nitrogen and oxygen atoms in total. The van der Waals surface area contributed by atoms with E-state index < -0.39 is 0 Å². The van der Waals surface area contributed by atoms with Crippen molar-refractivity contribution in [1.82, 2.24) is 0 Å². The van der Waals surface area contributed by atoms with E-state index in [-0.39, 0.29) is 11.8 Å². The lowest BCUT2D eigenvalue weighted by molar-refractivity contribution is -0.120. The molecule has 3 heteroatoms. The smallest absolute Gasteiger partial charge is 0.258 e. The number of amides is 2. The van der Waals surface area contributed by atoms with Crippen molar-refractivity contribution < 1.29 is 9.59 Å². The van der Waals surface area contributed by atoms with Gasteiger partial charge in [-0.3, -0.25) is 9.59 Å². The summed E-state index contributed by atoms with van der Waals surface area (Å²) in [5.41, 5.74) is 4.03. The van der Waals surface area contributed by atoms with Gasteiger partial charge in [-0.25, -0.2) is 4.90 Å². The van der Waals surface area contributed by atoms with Gasteiger partial charge >= 0.3 is 0 Å². The fourth-order valence-electron chi connectivity index (χ4n) is 2.35. The van der Waals surface area contributed by atoms with Gasteiger partial charge in [0.15, 0.2) is 0 Å².